The highest BCUT2D eigenvalue weighted by Gasteiger charge is 2.22. The molecular weight excluding hydrogens is 647 g/mol. The predicted molar refractivity (Wildman–Crippen MR) is 215 cm³/mol. The lowest BCUT2D eigenvalue weighted by Crippen LogP contribution is -2.00. The Kier molecular flexibility index (Phi) is 7.43. The minimum absolute atomic E-state index is 0.629. The number of ether oxygens (including phenoxy) is 1. The van der Waals surface area contributed by atoms with E-state index in [4.69, 9.17) is 19.7 Å². The summed E-state index contributed by atoms with van der Waals surface area (Å²) in [6.45, 7) is 0. The van der Waals surface area contributed by atoms with Crippen LogP contribution >= 0.6 is 0 Å². The van der Waals surface area contributed by atoms with E-state index in [1.54, 1.807) is 0 Å². The lowest BCUT2D eigenvalue weighted by atomic mass is 9.89. The van der Waals surface area contributed by atoms with Crippen LogP contribution in [-0.4, -0.2) is 15.0 Å². The average Bonchev–Trinajstić information content (AvgIpc) is 3.25. The summed E-state index contributed by atoms with van der Waals surface area (Å²) in [5.74, 6) is 3.65. The molecule has 0 radical (unpaired) electrons. The zero-order valence-corrected chi connectivity index (χ0v) is 28.6. The van der Waals surface area contributed by atoms with Gasteiger partial charge in [-0.05, 0) is 62.5 Å². The Labute approximate surface area is 307 Å². The maximum Gasteiger partial charge on any atom is 0.164 e. The summed E-state index contributed by atoms with van der Waals surface area (Å²) in [4.78, 5) is 14.9. The molecule has 9 aromatic rings. The van der Waals surface area contributed by atoms with E-state index in [2.05, 4.69) is 152 Å². The molecule has 0 saturated heterocycles. The number of hydrogen-bond acceptors (Lipinski definition) is 4. The van der Waals surface area contributed by atoms with E-state index < -0.39 is 0 Å². The lowest BCUT2D eigenvalue weighted by molar-refractivity contribution is 0.487. The van der Waals surface area contributed by atoms with E-state index in [-0.39, 0.29) is 0 Å². The van der Waals surface area contributed by atoms with Crippen LogP contribution in [0.3, 0.4) is 0 Å². The molecule has 248 valence electrons. The molecule has 4 heteroatoms. The van der Waals surface area contributed by atoms with Gasteiger partial charge in [-0.15, -0.1) is 0 Å². The van der Waals surface area contributed by atoms with Crippen molar-refractivity contribution in [2.45, 2.75) is 0 Å². The van der Waals surface area contributed by atoms with E-state index in [1.807, 2.05) is 36.4 Å². The topological polar surface area (TPSA) is 47.9 Å². The Morgan fingerprint density at radius 1 is 0.283 bits per heavy atom. The van der Waals surface area contributed by atoms with Gasteiger partial charge in [-0.3, -0.25) is 0 Å². The number of aromatic nitrogens is 3. The SMILES string of the molecule is c1ccc(-c2ccc(-c3nc(-c4ccccc4)nc(-c4ccc(-c5ccc6c(c5)-c5cccc7c(-c8ccccc8)ccc(c57)O6)cc4)n3)cc2)cc1. The van der Waals surface area contributed by atoms with Gasteiger partial charge < -0.3 is 4.74 Å². The van der Waals surface area contributed by atoms with Crippen LogP contribution in [0.15, 0.2) is 188 Å². The largest absolute Gasteiger partial charge is 0.456 e. The van der Waals surface area contributed by atoms with Crippen LogP contribution in [0.25, 0.3) is 89.4 Å². The molecule has 0 fully saturated rings. The van der Waals surface area contributed by atoms with Gasteiger partial charge >= 0.3 is 0 Å². The number of fused-ring (bicyclic) bond motifs is 2. The molecule has 2 heterocycles. The second kappa shape index (κ2) is 12.9. The summed E-state index contributed by atoms with van der Waals surface area (Å²) in [7, 11) is 0. The highest BCUT2D eigenvalue weighted by molar-refractivity contribution is 6.10. The predicted octanol–water partition coefficient (Wildman–Crippen LogP) is 12.8. The Morgan fingerprint density at radius 2 is 0.736 bits per heavy atom. The highest BCUT2D eigenvalue weighted by Crippen LogP contribution is 2.49. The van der Waals surface area contributed by atoms with Crippen LogP contribution in [0.1, 0.15) is 0 Å². The first-order valence-electron chi connectivity index (χ1n) is 17.8. The van der Waals surface area contributed by atoms with Crippen molar-refractivity contribution in [3.05, 3.63) is 188 Å². The van der Waals surface area contributed by atoms with Gasteiger partial charge in [0.15, 0.2) is 17.5 Å². The second-order valence-corrected chi connectivity index (χ2v) is 13.2. The Morgan fingerprint density at radius 3 is 1.34 bits per heavy atom. The molecule has 0 amide bonds. The molecule has 4 nitrogen and oxygen atoms in total. The van der Waals surface area contributed by atoms with Gasteiger partial charge in [-0.1, -0.05) is 170 Å². The van der Waals surface area contributed by atoms with Crippen LogP contribution in [0.4, 0.5) is 0 Å². The molecule has 1 aromatic heterocycles. The third kappa shape index (κ3) is 5.63. The van der Waals surface area contributed by atoms with E-state index in [0.717, 1.165) is 55.8 Å². The van der Waals surface area contributed by atoms with E-state index in [9.17, 15) is 0 Å². The molecule has 1 aliphatic heterocycles. The fraction of sp³-hybridized carbons (Fsp3) is 0. The number of nitrogens with zero attached hydrogens (tertiary/aromatic N) is 3. The minimum atomic E-state index is 0.629. The van der Waals surface area contributed by atoms with Crippen molar-refractivity contribution in [3.63, 3.8) is 0 Å². The molecular formula is C49H31N3O. The Bertz CT molecular complexity index is 2760. The molecule has 8 aromatic carbocycles. The van der Waals surface area contributed by atoms with E-state index in [1.165, 1.54) is 27.6 Å². The first-order valence-corrected chi connectivity index (χ1v) is 17.8. The fourth-order valence-corrected chi connectivity index (χ4v) is 7.29. The summed E-state index contributed by atoms with van der Waals surface area (Å²) in [5, 5.41) is 2.33. The van der Waals surface area contributed by atoms with Gasteiger partial charge in [0, 0.05) is 27.6 Å². The van der Waals surface area contributed by atoms with E-state index >= 15 is 0 Å². The Hall–Kier alpha value is -7.17. The van der Waals surface area contributed by atoms with Crippen molar-refractivity contribution in [2.75, 3.05) is 0 Å². The summed E-state index contributed by atoms with van der Waals surface area (Å²) >= 11 is 0. The smallest absolute Gasteiger partial charge is 0.164 e. The van der Waals surface area contributed by atoms with Crippen molar-refractivity contribution in [1.29, 1.82) is 0 Å². The molecule has 0 spiro atoms. The average molecular weight is 678 g/mol. The normalized spacial score (nSPS) is 11.5. The van der Waals surface area contributed by atoms with Gasteiger partial charge in [0.1, 0.15) is 11.5 Å². The third-order valence-electron chi connectivity index (χ3n) is 9.97. The van der Waals surface area contributed by atoms with Gasteiger partial charge in [0.2, 0.25) is 0 Å². The highest BCUT2D eigenvalue weighted by atomic mass is 16.5. The molecule has 1 aliphatic rings. The standard InChI is InChI=1S/C49H31N3O/c1-4-11-32(12-5-1)33-19-23-37(24-20-33)48-50-47(36-15-8-3-9-16-36)51-49(52-48)38-25-21-34(22-26-38)39-27-29-44-43(31-39)42-18-10-17-41-40(35-13-6-2-7-14-35)28-30-45(53-44)46(41)42/h1-31H. The van der Waals surface area contributed by atoms with Gasteiger partial charge in [-0.25, -0.2) is 15.0 Å². The zero-order chi connectivity index (χ0) is 35.1. The quantitative estimate of drug-likeness (QED) is 0.176. The first-order chi connectivity index (χ1) is 26.2. The van der Waals surface area contributed by atoms with Crippen molar-refractivity contribution in [2.24, 2.45) is 0 Å². The molecule has 0 unspecified atom stereocenters. The lowest BCUT2D eigenvalue weighted by Gasteiger charge is -2.23. The molecule has 53 heavy (non-hydrogen) atoms. The van der Waals surface area contributed by atoms with E-state index in [0.29, 0.717) is 17.5 Å². The molecule has 0 saturated carbocycles. The van der Waals surface area contributed by atoms with Crippen molar-refractivity contribution < 1.29 is 4.74 Å². The summed E-state index contributed by atoms with van der Waals surface area (Å²) in [6, 6.07) is 65.1. The minimum Gasteiger partial charge on any atom is -0.456 e. The number of rotatable bonds is 6. The van der Waals surface area contributed by atoms with Gasteiger partial charge in [-0.2, -0.15) is 0 Å². The summed E-state index contributed by atoms with van der Waals surface area (Å²) in [5.41, 5.74) is 12.0. The molecule has 0 N–H and O–H groups in total. The fourth-order valence-electron chi connectivity index (χ4n) is 7.29. The molecule has 0 bridgehead atoms. The van der Waals surface area contributed by atoms with Crippen LogP contribution in [0.2, 0.25) is 0 Å². The van der Waals surface area contributed by atoms with Gasteiger partial charge in [0.25, 0.3) is 0 Å². The van der Waals surface area contributed by atoms with Crippen LogP contribution in [-0.2, 0) is 0 Å². The number of benzene rings is 8. The second-order valence-electron chi connectivity index (χ2n) is 13.2. The maximum absolute atomic E-state index is 6.51. The zero-order valence-electron chi connectivity index (χ0n) is 28.6. The summed E-state index contributed by atoms with van der Waals surface area (Å²) < 4.78 is 6.51. The maximum atomic E-state index is 6.51. The Balaban J connectivity index is 1.01. The number of hydrogen-bond donors (Lipinski definition) is 0. The summed E-state index contributed by atoms with van der Waals surface area (Å²) in [6.07, 6.45) is 0. The van der Waals surface area contributed by atoms with Gasteiger partial charge in [0.05, 0.1) is 0 Å². The molecule has 0 aliphatic carbocycles. The molecule has 10 rings (SSSR count). The monoisotopic (exact) mass is 677 g/mol. The van der Waals surface area contributed by atoms with Crippen LogP contribution in [0, 0.1) is 0 Å². The van der Waals surface area contributed by atoms with Crippen molar-refractivity contribution in [1.82, 2.24) is 15.0 Å². The van der Waals surface area contributed by atoms with Crippen LogP contribution < -0.4 is 4.74 Å². The first kappa shape index (κ1) is 30.6. The third-order valence-corrected chi connectivity index (χ3v) is 9.97. The van der Waals surface area contributed by atoms with Crippen molar-refractivity contribution >= 4 is 10.8 Å². The van der Waals surface area contributed by atoms with Crippen LogP contribution in [0.5, 0.6) is 11.5 Å². The van der Waals surface area contributed by atoms with Crippen molar-refractivity contribution in [3.8, 4) is 90.2 Å². The molecule has 0 atom stereocenters.